The van der Waals surface area contributed by atoms with Gasteiger partial charge in [-0.1, -0.05) is 104 Å². The van der Waals surface area contributed by atoms with Gasteiger partial charge in [-0.05, 0) is 83.2 Å². The number of anilines is 2. The molecule has 0 amide bonds. The highest BCUT2D eigenvalue weighted by atomic mass is 14.6. The number of hydrogen-bond donors (Lipinski definition) is 2. The third-order valence-corrected chi connectivity index (χ3v) is 9.66. The average Bonchev–Trinajstić information content (AvgIpc) is 2.85. The van der Waals surface area contributed by atoms with Crippen LogP contribution >= 0.6 is 0 Å². The topological polar surface area (TPSA) is 52.0 Å². The molecule has 0 radical (unpaired) electrons. The van der Waals surface area contributed by atoms with E-state index < -0.39 is 0 Å². The van der Waals surface area contributed by atoms with Crippen molar-refractivity contribution in [2.45, 2.75) is 118 Å². The summed E-state index contributed by atoms with van der Waals surface area (Å²) in [5.74, 6) is 3.14. The summed E-state index contributed by atoms with van der Waals surface area (Å²) in [4.78, 5) is 0. The molecule has 1 aliphatic carbocycles. The van der Waals surface area contributed by atoms with E-state index in [0.717, 1.165) is 17.8 Å². The molecule has 2 unspecified atom stereocenters. The highest BCUT2D eigenvalue weighted by Crippen LogP contribution is 2.50. The zero-order chi connectivity index (χ0) is 25.9. The molecule has 4 N–H and O–H groups in total. The molecule has 0 saturated heterocycles. The number of nitrogens with two attached hydrogens (primary N) is 2. The molecule has 0 spiro atoms. The lowest BCUT2D eigenvalue weighted by atomic mass is 9.67. The predicted octanol–water partition coefficient (Wildman–Crippen LogP) is 9.48. The van der Waals surface area contributed by atoms with Crippen molar-refractivity contribution in [2.75, 3.05) is 11.5 Å². The maximum Gasteiger partial charge on any atom is 0.0379 e. The minimum absolute atomic E-state index is 0.379. The van der Waals surface area contributed by atoms with Crippen molar-refractivity contribution >= 4 is 11.4 Å². The van der Waals surface area contributed by atoms with E-state index in [-0.39, 0.29) is 0 Å². The van der Waals surface area contributed by atoms with Crippen LogP contribution in [0.5, 0.6) is 0 Å². The van der Waals surface area contributed by atoms with Crippen LogP contribution in [0, 0.1) is 31.6 Å². The summed E-state index contributed by atoms with van der Waals surface area (Å²) < 4.78 is 0. The molecule has 0 aliphatic heterocycles. The largest absolute Gasteiger partial charge is 0.398 e. The lowest BCUT2D eigenvalue weighted by molar-refractivity contribution is 0.300. The molecule has 2 aromatic carbocycles. The van der Waals surface area contributed by atoms with E-state index in [1.165, 1.54) is 71.9 Å². The monoisotopic (exact) mass is 476 g/mol. The Kier molecular flexibility index (Phi) is 9.35. The molecule has 0 saturated carbocycles. The Balaban J connectivity index is 2.44. The molecule has 2 heteroatoms. The van der Waals surface area contributed by atoms with Gasteiger partial charge in [0.15, 0.2) is 0 Å². The molecule has 4 bridgehead atoms. The van der Waals surface area contributed by atoms with Gasteiger partial charge >= 0.3 is 0 Å². The van der Waals surface area contributed by atoms with Crippen LogP contribution in [0.25, 0.3) is 0 Å². The Morgan fingerprint density at radius 1 is 0.600 bits per heavy atom. The van der Waals surface area contributed by atoms with Crippen molar-refractivity contribution in [3.8, 4) is 0 Å². The SMILES string of the molecule is CCC(CC)C1CC(C(CC)CC)c2cc(cc(C)c2N)C(C(CC)CC)c2cc(C)c(N)c1c2. The van der Waals surface area contributed by atoms with Gasteiger partial charge in [-0.3, -0.25) is 0 Å². The molecule has 2 atom stereocenters. The minimum atomic E-state index is 0.379. The minimum Gasteiger partial charge on any atom is -0.398 e. The highest BCUT2D eigenvalue weighted by Gasteiger charge is 2.35. The van der Waals surface area contributed by atoms with E-state index in [0.29, 0.717) is 35.5 Å². The maximum atomic E-state index is 6.92. The zero-order valence-corrected chi connectivity index (χ0v) is 23.9. The second-order valence-electron chi connectivity index (χ2n) is 11.3. The van der Waals surface area contributed by atoms with Crippen LogP contribution in [0.3, 0.4) is 0 Å². The fourth-order valence-electron chi connectivity index (χ4n) is 7.31. The van der Waals surface area contributed by atoms with Crippen LogP contribution in [-0.2, 0) is 0 Å². The first-order valence-electron chi connectivity index (χ1n) is 14.6. The summed E-state index contributed by atoms with van der Waals surface area (Å²) in [6, 6.07) is 9.82. The fourth-order valence-corrected chi connectivity index (χ4v) is 7.31. The molecule has 2 aromatic rings. The second kappa shape index (κ2) is 11.8. The van der Waals surface area contributed by atoms with Gasteiger partial charge in [0, 0.05) is 17.3 Å². The number of nitrogen functional groups attached to an aromatic ring is 2. The number of aryl methyl sites for hydroxylation is 2. The number of benzene rings is 2. The highest BCUT2D eigenvalue weighted by molar-refractivity contribution is 5.62. The first-order valence-corrected chi connectivity index (χ1v) is 14.6. The van der Waals surface area contributed by atoms with Crippen molar-refractivity contribution < 1.29 is 0 Å². The summed E-state index contributed by atoms with van der Waals surface area (Å²) in [6.45, 7) is 18.6. The average molecular weight is 477 g/mol. The van der Waals surface area contributed by atoms with E-state index in [1.807, 2.05) is 0 Å². The molecule has 35 heavy (non-hydrogen) atoms. The summed E-state index contributed by atoms with van der Waals surface area (Å²) >= 11 is 0. The van der Waals surface area contributed by atoms with Crippen LogP contribution in [0.4, 0.5) is 11.4 Å². The Morgan fingerprint density at radius 3 is 1.26 bits per heavy atom. The van der Waals surface area contributed by atoms with Gasteiger partial charge in [0.1, 0.15) is 0 Å². The Labute approximate surface area is 216 Å². The van der Waals surface area contributed by atoms with Gasteiger partial charge < -0.3 is 11.5 Å². The first-order chi connectivity index (χ1) is 16.8. The number of hydrogen-bond acceptors (Lipinski definition) is 2. The van der Waals surface area contributed by atoms with Gasteiger partial charge in [-0.15, -0.1) is 0 Å². The smallest absolute Gasteiger partial charge is 0.0379 e. The predicted molar refractivity (Wildman–Crippen MR) is 155 cm³/mol. The van der Waals surface area contributed by atoms with Crippen molar-refractivity contribution in [1.82, 2.24) is 0 Å². The van der Waals surface area contributed by atoms with Crippen LogP contribution < -0.4 is 11.5 Å². The van der Waals surface area contributed by atoms with Crippen molar-refractivity contribution in [1.29, 1.82) is 0 Å². The van der Waals surface area contributed by atoms with Gasteiger partial charge in [0.25, 0.3) is 0 Å². The summed E-state index contributed by atoms with van der Waals surface area (Å²) in [5.41, 5.74) is 24.1. The van der Waals surface area contributed by atoms with Crippen molar-refractivity contribution in [3.63, 3.8) is 0 Å². The molecule has 194 valence electrons. The standard InChI is InChI=1S/C33H52N2/c1-9-22(10-2)27-19-28(23(11-3)12-4)30-18-26(16-21(8)33(30)35)31(24(13-5)14-6)25-15-20(7)32(34)29(27)17-25/h15-18,22-24,27-28,31H,9-14,19,34-35H2,1-8H3. The van der Waals surface area contributed by atoms with E-state index in [9.17, 15) is 0 Å². The maximum absolute atomic E-state index is 6.92. The van der Waals surface area contributed by atoms with Crippen molar-refractivity contribution in [3.05, 3.63) is 57.6 Å². The zero-order valence-electron chi connectivity index (χ0n) is 23.9. The third kappa shape index (κ3) is 5.27. The number of rotatable bonds is 9. The van der Waals surface area contributed by atoms with Crippen LogP contribution in [0.2, 0.25) is 0 Å². The van der Waals surface area contributed by atoms with Gasteiger partial charge in [-0.2, -0.15) is 0 Å². The summed E-state index contributed by atoms with van der Waals surface area (Å²) in [5, 5.41) is 0. The Morgan fingerprint density at radius 2 is 0.943 bits per heavy atom. The molecular formula is C33H52N2. The molecule has 1 aliphatic rings. The fraction of sp³-hybridized carbons (Fsp3) is 0.636. The molecule has 2 nitrogen and oxygen atoms in total. The van der Waals surface area contributed by atoms with E-state index in [2.05, 4.69) is 79.7 Å². The van der Waals surface area contributed by atoms with E-state index in [4.69, 9.17) is 11.5 Å². The first kappa shape index (κ1) is 27.6. The van der Waals surface area contributed by atoms with E-state index in [1.54, 1.807) is 0 Å². The molecule has 0 heterocycles. The summed E-state index contributed by atoms with van der Waals surface area (Å²) in [6.07, 6.45) is 8.21. The molecular weight excluding hydrogens is 424 g/mol. The third-order valence-electron chi connectivity index (χ3n) is 9.66. The quantitative estimate of drug-likeness (QED) is 0.354. The van der Waals surface area contributed by atoms with Gasteiger partial charge in [-0.25, -0.2) is 0 Å². The molecule has 3 rings (SSSR count). The van der Waals surface area contributed by atoms with Crippen LogP contribution in [0.15, 0.2) is 24.3 Å². The number of fused-ring (bicyclic) bond motifs is 4. The van der Waals surface area contributed by atoms with Crippen LogP contribution in [0.1, 0.15) is 138 Å². The lowest BCUT2D eigenvalue weighted by Gasteiger charge is -2.38. The van der Waals surface area contributed by atoms with Crippen LogP contribution in [-0.4, -0.2) is 0 Å². The van der Waals surface area contributed by atoms with Gasteiger partial charge in [0.2, 0.25) is 0 Å². The van der Waals surface area contributed by atoms with E-state index >= 15 is 0 Å². The van der Waals surface area contributed by atoms with Gasteiger partial charge in [0.05, 0.1) is 0 Å². The molecule has 0 aromatic heterocycles. The van der Waals surface area contributed by atoms with Crippen molar-refractivity contribution in [2.24, 2.45) is 17.8 Å². The Hall–Kier alpha value is -1.96. The lowest BCUT2D eigenvalue weighted by Crippen LogP contribution is -2.24. The normalized spacial score (nSPS) is 20.1. The summed E-state index contributed by atoms with van der Waals surface area (Å²) in [7, 11) is 0. The molecule has 0 fully saturated rings. The second-order valence-corrected chi connectivity index (χ2v) is 11.3. The Bertz CT molecular complexity index is 906.